The van der Waals surface area contributed by atoms with E-state index in [1.165, 1.54) is 0 Å². The fraction of sp³-hybridized carbons (Fsp3) is 0.636. The molecule has 2 N–H and O–H groups in total. The highest BCUT2D eigenvalue weighted by molar-refractivity contribution is 5.28. The Morgan fingerprint density at radius 2 is 2.12 bits per heavy atom. The summed E-state index contributed by atoms with van der Waals surface area (Å²) in [4.78, 5) is 10.3. The van der Waals surface area contributed by atoms with Gasteiger partial charge < -0.3 is 20.1 Å². The van der Waals surface area contributed by atoms with E-state index in [1.807, 2.05) is 11.9 Å². The van der Waals surface area contributed by atoms with Gasteiger partial charge in [-0.05, 0) is 0 Å². The molecular formula is C11H20N4O2. The van der Waals surface area contributed by atoms with Crippen molar-refractivity contribution >= 4 is 5.95 Å². The van der Waals surface area contributed by atoms with E-state index in [1.54, 1.807) is 19.5 Å². The van der Waals surface area contributed by atoms with Gasteiger partial charge >= 0.3 is 0 Å². The Morgan fingerprint density at radius 3 is 2.71 bits per heavy atom. The molecule has 0 unspecified atom stereocenters. The zero-order valence-electron chi connectivity index (χ0n) is 10.4. The van der Waals surface area contributed by atoms with Crippen molar-refractivity contribution in [3.8, 4) is 0 Å². The smallest absolute Gasteiger partial charge is 0.225 e. The molecule has 0 atom stereocenters. The fourth-order valence-corrected chi connectivity index (χ4v) is 1.29. The fourth-order valence-electron chi connectivity index (χ4n) is 1.29. The SMILES string of the molecule is COCCNCc1cnc(N(C)CCO)nc1. The standard InChI is InChI=1S/C11H20N4O2/c1-15(4-5-16)11-13-8-10(9-14-11)7-12-3-6-17-2/h8-9,12,16H,3-7H2,1-2H3. The van der Waals surface area contributed by atoms with Gasteiger partial charge in [-0.1, -0.05) is 0 Å². The number of ether oxygens (including phenoxy) is 1. The van der Waals surface area contributed by atoms with Gasteiger partial charge in [0.25, 0.3) is 0 Å². The molecule has 0 radical (unpaired) electrons. The van der Waals surface area contributed by atoms with Crippen LogP contribution in [0.1, 0.15) is 5.56 Å². The van der Waals surface area contributed by atoms with Gasteiger partial charge in [0, 0.05) is 51.7 Å². The molecule has 6 nitrogen and oxygen atoms in total. The monoisotopic (exact) mass is 240 g/mol. The molecule has 0 aliphatic heterocycles. The maximum Gasteiger partial charge on any atom is 0.225 e. The lowest BCUT2D eigenvalue weighted by molar-refractivity contribution is 0.199. The molecule has 6 heteroatoms. The third-order valence-electron chi connectivity index (χ3n) is 2.28. The van der Waals surface area contributed by atoms with Crippen molar-refractivity contribution in [3.63, 3.8) is 0 Å². The van der Waals surface area contributed by atoms with Crippen molar-refractivity contribution in [1.29, 1.82) is 0 Å². The van der Waals surface area contributed by atoms with Gasteiger partial charge in [-0.3, -0.25) is 0 Å². The number of hydrogen-bond donors (Lipinski definition) is 2. The minimum Gasteiger partial charge on any atom is -0.395 e. The summed E-state index contributed by atoms with van der Waals surface area (Å²) < 4.78 is 4.93. The van der Waals surface area contributed by atoms with E-state index in [0.717, 1.165) is 18.7 Å². The predicted molar refractivity (Wildman–Crippen MR) is 66.0 cm³/mol. The molecule has 1 aromatic heterocycles. The molecule has 1 rings (SSSR count). The first-order valence-corrected chi connectivity index (χ1v) is 5.60. The number of anilines is 1. The van der Waals surface area contributed by atoms with Crippen molar-refractivity contribution in [3.05, 3.63) is 18.0 Å². The van der Waals surface area contributed by atoms with Crippen molar-refractivity contribution in [2.45, 2.75) is 6.54 Å². The summed E-state index contributed by atoms with van der Waals surface area (Å²) >= 11 is 0. The van der Waals surface area contributed by atoms with Crippen LogP contribution in [0, 0.1) is 0 Å². The Labute approximate surface area is 102 Å². The first-order chi connectivity index (χ1) is 8.27. The van der Waals surface area contributed by atoms with Gasteiger partial charge in [-0.15, -0.1) is 0 Å². The first-order valence-electron chi connectivity index (χ1n) is 5.60. The number of nitrogens with one attached hydrogen (secondary N) is 1. The molecule has 1 heterocycles. The van der Waals surface area contributed by atoms with Crippen LogP contribution in [0.15, 0.2) is 12.4 Å². The van der Waals surface area contributed by atoms with E-state index in [2.05, 4.69) is 15.3 Å². The van der Waals surface area contributed by atoms with Gasteiger partial charge in [0.2, 0.25) is 5.95 Å². The van der Waals surface area contributed by atoms with E-state index in [-0.39, 0.29) is 6.61 Å². The van der Waals surface area contributed by atoms with Crippen molar-refractivity contribution in [1.82, 2.24) is 15.3 Å². The average Bonchev–Trinajstić information content (AvgIpc) is 2.36. The topological polar surface area (TPSA) is 70.5 Å². The van der Waals surface area contributed by atoms with E-state index in [4.69, 9.17) is 9.84 Å². The second-order valence-electron chi connectivity index (χ2n) is 3.71. The summed E-state index contributed by atoms with van der Waals surface area (Å²) in [5.41, 5.74) is 1.03. The third-order valence-corrected chi connectivity index (χ3v) is 2.28. The lowest BCUT2D eigenvalue weighted by Crippen LogP contribution is -2.23. The number of aliphatic hydroxyl groups excluding tert-OH is 1. The normalized spacial score (nSPS) is 10.5. The Balaban J connectivity index is 2.39. The number of likely N-dealkylation sites (N-methyl/N-ethyl adjacent to an activating group) is 1. The summed E-state index contributed by atoms with van der Waals surface area (Å²) in [5.74, 6) is 0.625. The molecule has 0 saturated heterocycles. The Kier molecular flexibility index (Phi) is 6.46. The molecule has 1 aromatic rings. The highest BCUT2D eigenvalue weighted by Gasteiger charge is 2.02. The second-order valence-corrected chi connectivity index (χ2v) is 3.71. The summed E-state index contributed by atoms with van der Waals surface area (Å²) in [5, 5.41) is 12.0. The van der Waals surface area contributed by atoms with Crippen LogP contribution in [0.5, 0.6) is 0 Å². The molecule has 17 heavy (non-hydrogen) atoms. The molecule has 0 spiro atoms. The van der Waals surface area contributed by atoms with E-state index >= 15 is 0 Å². The molecule has 0 bridgehead atoms. The zero-order chi connectivity index (χ0) is 12.5. The zero-order valence-corrected chi connectivity index (χ0v) is 10.4. The highest BCUT2D eigenvalue weighted by atomic mass is 16.5. The molecule has 0 fully saturated rings. The second kappa shape index (κ2) is 7.94. The summed E-state index contributed by atoms with van der Waals surface area (Å²) in [6.45, 7) is 2.86. The third kappa shape index (κ3) is 5.08. The maximum absolute atomic E-state index is 8.80. The van der Waals surface area contributed by atoms with E-state index in [0.29, 0.717) is 19.1 Å². The van der Waals surface area contributed by atoms with Gasteiger partial charge in [-0.25, -0.2) is 9.97 Å². The van der Waals surface area contributed by atoms with Gasteiger partial charge in [-0.2, -0.15) is 0 Å². The predicted octanol–water partition coefficient (Wildman–Crippen LogP) is -0.359. The van der Waals surface area contributed by atoms with E-state index < -0.39 is 0 Å². The summed E-state index contributed by atoms with van der Waals surface area (Å²) in [6.07, 6.45) is 3.58. The average molecular weight is 240 g/mol. The minimum atomic E-state index is 0.0974. The molecule has 0 amide bonds. The van der Waals surface area contributed by atoms with Crippen LogP contribution >= 0.6 is 0 Å². The molecular weight excluding hydrogens is 220 g/mol. The van der Waals surface area contributed by atoms with Crippen molar-refractivity contribution in [2.75, 3.05) is 45.4 Å². The number of hydrogen-bond acceptors (Lipinski definition) is 6. The number of rotatable bonds is 8. The quantitative estimate of drug-likeness (QED) is 0.605. The molecule has 0 saturated carbocycles. The number of aliphatic hydroxyl groups is 1. The van der Waals surface area contributed by atoms with Crippen molar-refractivity contribution < 1.29 is 9.84 Å². The Bertz CT molecular complexity index is 305. The molecule has 0 aromatic carbocycles. The molecule has 0 aliphatic carbocycles. The summed E-state index contributed by atoms with van der Waals surface area (Å²) in [7, 11) is 3.53. The van der Waals surface area contributed by atoms with Crippen molar-refractivity contribution in [2.24, 2.45) is 0 Å². The lowest BCUT2D eigenvalue weighted by Gasteiger charge is -2.15. The molecule has 96 valence electrons. The van der Waals surface area contributed by atoms with Crippen LogP contribution in [-0.4, -0.2) is 55.5 Å². The Hall–Kier alpha value is -1.24. The van der Waals surface area contributed by atoms with Crippen LogP contribution in [0.4, 0.5) is 5.95 Å². The van der Waals surface area contributed by atoms with Gasteiger partial charge in [0.05, 0.1) is 13.2 Å². The van der Waals surface area contributed by atoms with Gasteiger partial charge in [0.1, 0.15) is 0 Å². The van der Waals surface area contributed by atoms with E-state index in [9.17, 15) is 0 Å². The van der Waals surface area contributed by atoms with Crippen LogP contribution in [-0.2, 0) is 11.3 Å². The Morgan fingerprint density at radius 1 is 1.41 bits per heavy atom. The maximum atomic E-state index is 8.80. The first kappa shape index (κ1) is 13.8. The lowest BCUT2D eigenvalue weighted by atomic mass is 10.3. The number of aromatic nitrogens is 2. The van der Waals surface area contributed by atoms with Crippen LogP contribution in [0.3, 0.4) is 0 Å². The van der Waals surface area contributed by atoms with Crippen LogP contribution in [0.25, 0.3) is 0 Å². The van der Waals surface area contributed by atoms with Crippen LogP contribution < -0.4 is 10.2 Å². The number of methoxy groups -OCH3 is 1. The molecule has 0 aliphatic rings. The largest absolute Gasteiger partial charge is 0.395 e. The number of nitrogens with zero attached hydrogens (tertiary/aromatic N) is 3. The summed E-state index contributed by atoms with van der Waals surface area (Å²) in [6, 6.07) is 0. The minimum absolute atomic E-state index is 0.0974. The highest BCUT2D eigenvalue weighted by Crippen LogP contribution is 2.04. The van der Waals surface area contributed by atoms with Gasteiger partial charge in [0.15, 0.2) is 0 Å². The van der Waals surface area contributed by atoms with Crippen LogP contribution in [0.2, 0.25) is 0 Å².